The van der Waals surface area contributed by atoms with E-state index in [1.54, 1.807) is 0 Å². The summed E-state index contributed by atoms with van der Waals surface area (Å²) in [5.41, 5.74) is 2.37. The van der Waals surface area contributed by atoms with Gasteiger partial charge < -0.3 is 4.98 Å². The summed E-state index contributed by atoms with van der Waals surface area (Å²) in [6, 6.07) is 13.2. The fourth-order valence-electron chi connectivity index (χ4n) is 2.26. The van der Waals surface area contributed by atoms with Crippen LogP contribution < -0.4 is 5.56 Å². The monoisotopic (exact) mass is 346 g/mol. The molecular weight excluding hydrogens is 336 g/mol. The summed E-state index contributed by atoms with van der Waals surface area (Å²) < 4.78 is 2.88. The lowest BCUT2D eigenvalue weighted by Crippen LogP contribution is -2.21. The van der Waals surface area contributed by atoms with Crippen LogP contribution in [-0.4, -0.2) is 9.55 Å². The Morgan fingerprint density at radius 1 is 1.15 bits per heavy atom. The van der Waals surface area contributed by atoms with Crippen molar-refractivity contribution < 1.29 is 0 Å². The minimum Gasteiger partial charge on any atom is -0.331 e. The molecule has 0 atom stereocenters. The molecule has 1 heterocycles. The third-order valence-electron chi connectivity index (χ3n) is 3.22. The number of H-pyrrole nitrogens is 1. The summed E-state index contributed by atoms with van der Waals surface area (Å²) in [7, 11) is 0. The molecule has 2 aromatic carbocycles. The maximum Gasteiger partial charge on any atom is 0.267 e. The van der Waals surface area contributed by atoms with Crippen LogP contribution in [0.2, 0.25) is 0 Å². The first-order valence-corrected chi connectivity index (χ1v) is 7.28. The van der Waals surface area contributed by atoms with Gasteiger partial charge in [0.15, 0.2) is 4.77 Å². The Hall–Kier alpha value is -1.72. The van der Waals surface area contributed by atoms with Crippen LogP contribution in [0.25, 0.3) is 16.6 Å². The summed E-state index contributed by atoms with van der Waals surface area (Å²) >= 11 is 8.71. The number of halogens is 1. The van der Waals surface area contributed by atoms with E-state index in [0.717, 1.165) is 21.2 Å². The highest BCUT2D eigenvalue weighted by Crippen LogP contribution is 2.16. The molecule has 0 unspecified atom stereocenters. The molecule has 0 saturated heterocycles. The third-order valence-corrected chi connectivity index (χ3v) is 4.03. The highest BCUT2D eigenvalue weighted by atomic mass is 79.9. The molecule has 3 rings (SSSR count). The van der Waals surface area contributed by atoms with Crippen molar-refractivity contribution in [3.05, 3.63) is 67.6 Å². The van der Waals surface area contributed by atoms with Crippen molar-refractivity contribution in [3.63, 3.8) is 0 Å². The highest BCUT2D eigenvalue weighted by molar-refractivity contribution is 9.10. The molecule has 5 heteroatoms. The Labute approximate surface area is 129 Å². The molecule has 0 fully saturated rings. The lowest BCUT2D eigenvalue weighted by molar-refractivity contribution is 0.938. The molecule has 1 N–H and O–H groups in total. The van der Waals surface area contributed by atoms with Gasteiger partial charge in [0, 0.05) is 4.47 Å². The number of rotatable bonds is 1. The van der Waals surface area contributed by atoms with Gasteiger partial charge in [-0.05, 0) is 55.0 Å². The SMILES string of the molecule is Cc1cccc2[nH]c(=S)n(-c3ccc(Br)cc3)c(=O)c12. The number of nitrogens with one attached hydrogen (secondary N) is 1. The third kappa shape index (κ3) is 2.13. The molecule has 3 aromatic rings. The standard InChI is InChI=1S/C15H11BrN2OS/c1-9-3-2-4-12-13(9)14(19)18(15(20)17-12)11-7-5-10(16)6-8-11/h2-8H,1H3,(H,17,20). The topological polar surface area (TPSA) is 37.8 Å². The molecule has 0 bridgehead atoms. The van der Waals surface area contributed by atoms with Crippen molar-refractivity contribution in [3.8, 4) is 5.69 Å². The largest absolute Gasteiger partial charge is 0.331 e. The predicted molar refractivity (Wildman–Crippen MR) is 87.2 cm³/mol. The zero-order chi connectivity index (χ0) is 14.3. The van der Waals surface area contributed by atoms with Crippen LogP contribution in [0.3, 0.4) is 0 Å². The van der Waals surface area contributed by atoms with Gasteiger partial charge >= 0.3 is 0 Å². The quantitative estimate of drug-likeness (QED) is 0.673. The molecule has 0 amide bonds. The second-order valence-corrected chi connectivity index (χ2v) is 5.85. The van der Waals surface area contributed by atoms with E-state index in [2.05, 4.69) is 20.9 Å². The molecular formula is C15H11BrN2OS. The van der Waals surface area contributed by atoms with E-state index in [0.29, 0.717) is 10.2 Å². The fourth-order valence-corrected chi connectivity index (χ4v) is 2.82. The number of aromatic amines is 1. The summed E-state index contributed by atoms with van der Waals surface area (Å²) in [6.45, 7) is 1.92. The first-order chi connectivity index (χ1) is 9.58. The van der Waals surface area contributed by atoms with E-state index in [-0.39, 0.29) is 5.56 Å². The molecule has 20 heavy (non-hydrogen) atoms. The smallest absolute Gasteiger partial charge is 0.267 e. The molecule has 3 nitrogen and oxygen atoms in total. The van der Waals surface area contributed by atoms with Crippen LogP contribution in [0.5, 0.6) is 0 Å². The normalized spacial score (nSPS) is 10.9. The molecule has 0 aliphatic rings. The number of nitrogens with zero attached hydrogens (tertiary/aromatic N) is 1. The Balaban J connectivity index is 2.43. The van der Waals surface area contributed by atoms with Crippen molar-refractivity contribution in [2.45, 2.75) is 6.92 Å². The number of aryl methyl sites for hydroxylation is 1. The van der Waals surface area contributed by atoms with Gasteiger partial charge in [0.25, 0.3) is 5.56 Å². The van der Waals surface area contributed by atoms with Crippen molar-refractivity contribution >= 4 is 39.1 Å². The van der Waals surface area contributed by atoms with Gasteiger partial charge in [-0.1, -0.05) is 28.1 Å². The van der Waals surface area contributed by atoms with E-state index < -0.39 is 0 Å². The Morgan fingerprint density at radius 3 is 2.55 bits per heavy atom. The minimum absolute atomic E-state index is 0.0934. The van der Waals surface area contributed by atoms with Crippen molar-refractivity contribution in [1.29, 1.82) is 0 Å². The number of benzene rings is 2. The van der Waals surface area contributed by atoms with Gasteiger partial charge in [-0.25, -0.2) is 0 Å². The van der Waals surface area contributed by atoms with Gasteiger partial charge in [-0.3, -0.25) is 9.36 Å². The lowest BCUT2D eigenvalue weighted by atomic mass is 10.1. The van der Waals surface area contributed by atoms with Gasteiger partial charge in [-0.15, -0.1) is 0 Å². The second-order valence-electron chi connectivity index (χ2n) is 4.54. The molecule has 0 saturated carbocycles. The van der Waals surface area contributed by atoms with Crippen LogP contribution >= 0.6 is 28.1 Å². The van der Waals surface area contributed by atoms with Gasteiger partial charge in [0.1, 0.15) is 0 Å². The molecule has 1 aromatic heterocycles. The van der Waals surface area contributed by atoms with E-state index in [1.165, 1.54) is 4.57 Å². The number of hydrogen-bond donors (Lipinski definition) is 1. The van der Waals surface area contributed by atoms with E-state index in [9.17, 15) is 4.79 Å². The Morgan fingerprint density at radius 2 is 1.85 bits per heavy atom. The minimum atomic E-state index is -0.0934. The highest BCUT2D eigenvalue weighted by Gasteiger charge is 2.09. The van der Waals surface area contributed by atoms with Crippen molar-refractivity contribution in [1.82, 2.24) is 9.55 Å². The van der Waals surface area contributed by atoms with Crippen molar-refractivity contribution in [2.24, 2.45) is 0 Å². The number of fused-ring (bicyclic) bond motifs is 1. The summed E-state index contributed by atoms with van der Waals surface area (Å²) in [5.74, 6) is 0. The van der Waals surface area contributed by atoms with Crippen LogP contribution in [0.1, 0.15) is 5.56 Å². The molecule has 100 valence electrons. The molecule has 0 radical (unpaired) electrons. The predicted octanol–water partition coefficient (Wildman–Crippen LogP) is 4.12. The Bertz CT molecular complexity index is 910. The summed E-state index contributed by atoms with van der Waals surface area (Å²) in [5, 5.41) is 0.670. The summed E-state index contributed by atoms with van der Waals surface area (Å²) in [6.07, 6.45) is 0. The van der Waals surface area contributed by atoms with Crippen LogP contribution in [-0.2, 0) is 0 Å². The van der Waals surface area contributed by atoms with E-state index in [4.69, 9.17) is 12.2 Å². The average molecular weight is 347 g/mol. The average Bonchev–Trinajstić information content (AvgIpc) is 2.40. The zero-order valence-electron chi connectivity index (χ0n) is 10.7. The fraction of sp³-hybridized carbons (Fsp3) is 0.0667. The Kier molecular flexibility index (Phi) is 3.31. The maximum atomic E-state index is 12.7. The lowest BCUT2D eigenvalue weighted by Gasteiger charge is -2.09. The zero-order valence-corrected chi connectivity index (χ0v) is 13.1. The molecule has 0 spiro atoms. The van der Waals surface area contributed by atoms with Gasteiger partial charge in [0.05, 0.1) is 16.6 Å². The summed E-state index contributed by atoms with van der Waals surface area (Å²) in [4.78, 5) is 15.8. The van der Waals surface area contributed by atoms with Crippen LogP contribution in [0.4, 0.5) is 0 Å². The first-order valence-electron chi connectivity index (χ1n) is 6.08. The number of hydrogen-bond acceptors (Lipinski definition) is 2. The van der Waals surface area contributed by atoms with E-state index in [1.807, 2.05) is 49.4 Å². The maximum absolute atomic E-state index is 12.7. The second kappa shape index (κ2) is 5.00. The molecule has 0 aliphatic heterocycles. The first kappa shape index (κ1) is 13.3. The van der Waals surface area contributed by atoms with Crippen molar-refractivity contribution in [2.75, 3.05) is 0 Å². The van der Waals surface area contributed by atoms with Crippen LogP contribution in [0.15, 0.2) is 51.7 Å². The van der Waals surface area contributed by atoms with Gasteiger partial charge in [0.2, 0.25) is 0 Å². The van der Waals surface area contributed by atoms with Gasteiger partial charge in [-0.2, -0.15) is 0 Å². The molecule has 0 aliphatic carbocycles. The van der Waals surface area contributed by atoms with Crippen LogP contribution in [0, 0.1) is 11.7 Å². The van der Waals surface area contributed by atoms with E-state index >= 15 is 0 Å². The number of aromatic nitrogens is 2.